The maximum absolute atomic E-state index is 13.5. The minimum atomic E-state index is -0.380. The molecule has 0 saturated heterocycles. The lowest BCUT2D eigenvalue weighted by Crippen LogP contribution is -2.33. The van der Waals surface area contributed by atoms with Crippen LogP contribution in [0.3, 0.4) is 0 Å². The van der Waals surface area contributed by atoms with Crippen LogP contribution in [0.2, 0.25) is 0 Å². The van der Waals surface area contributed by atoms with Gasteiger partial charge in [-0.2, -0.15) is 0 Å². The second-order valence-electron chi connectivity index (χ2n) is 4.60. The van der Waals surface area contributed by atoms with Crippen LogP contribution in [-0.4, -0.2) is 17.8 Å². The van der Waals surface area contributed by atoms with Gasteiger partial charge in [-0.15, -0.1) is 0 Å². The molecule has 0 fully saturated rings. The molecule has 0 radical (unpaired) electrons. The second kappa shape index (κ2) is 6.72. The summed E-state index contributed by atoms with van der Waals surface area (Å²) in [6.45, 7) is 6.46. The first-order valence-electron chi connectivity index (χ1n) is 6.22. The van der Waals surface area contributed by atoms with Crippen molar-refractivity contribution in [1.82, 2.24) is 5.32 Å². The summed E-state index contributed by atoms with van der Waals surface area (Å²) >= 11 is 0. The molecule has 1 aromatic carbocycles. The van der Waals surface area contributed by atoms with E-state index in [0.717, 1.165) is 6.42 Å². The minimum absolute atomic E-state index is 0.0880. The lowest BCUT2D eigenvalue weighted by atomic mass is 10.0. The first-order chi connectivity index (χ1) is 8.06. The standard InChI is InChI=1S/C14H22FNO/c1-4-10(2)14(17)9-16-11(3)12-7-5-6-8-13(12)15/h5-8,10-11,14,16-17H,4,9H2,1-3H3. The third-order valence-electron chi connectivity index (χ3n) is 3.31. The summed E-state index contributed by atoms with van der Waals surface area (Å²) in [5, 5.41) is 13.0. The van der Waals surface area contributed by atoms with E-state index in [0.29, 0.717) is 12.1 Å². The fourth-order valence-electron chi connectivity index (χ4n) is 1.71. The topological polar surface area (TPSA) is 32.3 Å². The fraction of sp³-hybridized carbons (Fsp3) is 0.571. The minimum Gasteiger partial charge on any atom is -0.392 e. The van der Waals surface area contributed by atoms with Crippen LogP contribution in [0.1, 0.15) is 38.8 Å². The van der Waals surface area contributed by atoms with Crippen LogP contribution in [0, 0.1) is 11.7 Å². The quantitative estimate of drug-likeness (QED) is 0.800. The van der Waals surface area contributed by atoms with Crippen molar-refractivity contribution in [1.29, 1.82) is 0 Å². The van der Waals surface area contributed by atoms with Crippen LogP contribution in [0.5, 0.6) is 0 Å². The predicted octanol–water partition coefficient (Wildman–Crippen LogP) is 2.88. The van der Waals surface area contributed by atoms with Gasteiger partial charge in [0.2, 0.25) is 0 Å². The largest absolute Gasteiger partial charge is 0.392 e. The Labute approximate surface area is 103 Å². The van der Waals surface area contributed by atoms with Gasteiger partial charge in [0, 0.05) is 18.2 Å². The van der Waals surface area contributed by atoms with Crippen LogP contribution < -0.4 is 5.32 Å². The van der Waals surface area contributed by atoms with Crippen LogP contribution in [-0.2, 0) is 0 Å². The van der Waals surface area contributed by atoms with Gasteiger partial charge in [-0.3, -0.25) is 0 Å². The summed E-state index contributed by atoms with van der Waals surface area (Å²) in [6, 6.07) is 6.64. The van der Waals surface area contributed by atoms with Crippen molar-refractivity contribution in [3.05, 3.63) is 35.6 Å². The van der Waals surface area contributed by atoms with Crippen LogP contribution >= 0.6 is 0 Å². The first-order valence-corrected chi connectivity index (χ1v) is 6.22. The summed E-state index contributed by atoms with van der Waals surface area (Å²) in [5.74, 6) is 0.0563. The monoisotopic (exact) mass is 239 g/mol. The lowest BCUT2D eigenvalue weighted by Gasteiger charge is -2.21. The Morgan fingerprint density at radius 3 is 2.53 bits per heavy atom. The van der Waals surface area contributed by atoms with Crippen LogP contribution in [0.15, 0.2) is 24.3 Å². The zero-order valence-electron chi connectivity index (χ0n) is 10.8. The van der Waals surface area contributed by atoms with E-state index in [1.165, 1.54) is 6.07 Å². The summed E-state index contributed by atoms with van der Waals surface area (Å²) in [4.78, 5) is 0. The van der Waals surface area contributed by atoms with Gasteiger partial charge in [0.25, 0.3) is 0 Å². The summed E-state index contributed by atoms with van der Waals surface area (Å²) in [5.41, 5.74) is 0.642. The fourth-order valence-corrected chi connectivity index (χ4v) is 1.71. The summed E-state index contributed by atoms with van der Waals surface area (Å²) in [7, 11) is 0. The third-order valence-corrected chi connectivity index (χ3v) is 3.31. The number of nitrogens with one attached hydrogen (secondary N) is 1. The highest BCUT2D eigenvalue weighted by molar-refractivity contribution is 5.20. The second-order valence-corrected chi connectivity index (χ2v) is 4.60. The number of hydrogen-bond donors (Lipinski definition) is 2. The molecule has 96 valence electrons. The average molecular weight is 239 g/mol. The van der Waals surface area contributed by atoms with E-state index in [4.69, 9.17) is 0 Å². The molecule has 0 aliphatic rings. The molecule has 0 heterocycles. The molecule has 1 rings (SSSR count). The van der Waals surface area contributed by atoms with E-state index in [1.54, 1.807) is 12.1 Å². The summed E-state index contributed by atoms with van der Waals surface area (Å²) < 4.78 is 13.5. The van der Waals surface area contributed by atoms with E-state index in [9.17, 15) is 9.50 Å². The molecule has 0 amide bonds. The molecule has 0 aliphatic carbocycles. The maximum Gasteiger partial charge on any atom is 0.127 e. The van der Waals surface area contributed by atoms with E-state index < -0.39 is 0 Å². The van der Waals surface area contributed by atoms with Crippen molar-refractivity contribution in [2.75, 3.05) is 6.54 Å². The number of aliphatic hydroxyl groups is 1. The zero-order chi connectivity index (χ0) is 12.8. The van der Waals surface area contributed by atoms with Gasteiger partial charge >= 0.3 is 0 Å². The van der Waals surface area contributed by atoms with Gasteiger partial charge in [-0.25, -0.2) is 4.39 Å². The molecular formula is C14H22FNO. The Balaban J connectivity index is 2.50. The van der Waals surface area contributed by atoms with Crippen molar-refractivity contribution in [2.24, 2.45) is 5.92 Å². The van der Waals surface area contributed by atoms with Gasteiger partial charge in [0.15, 0.2) is 0 Å². The molecule has 3 heteroatoms. The molecule has 3 unspecified atom stereocenters. The van der Waals surface area contributed by atoms with Crippen molar-refractivity contribution < 1.29 is 9.50 Å². The van der Waals surface area contributed by atoms with Gasteiger partial charge < -0.3 is 10.4 Å². The summed E-state index contributed by atoms with van der Waals surface area (Å²) in [6.07, 6.45) is 0.561. The Hall–Kier alpha value is -0.930. The smallest absolute Gasteiger partial charge is 0.127 e. The first kappa shape index (κ1) is 14.1. The molecule has 2 N–H and O–H groups in total. The lowest BCUT2D eigenvalue weighted by molar-refractivity contribution is 0.110. The average Bonchev–Trinajstić information content (AvgIpc) is 2.35. The van der Waals surface area contributed by atoms with Gasteiger partial charge in [0.05, 0.1) is 6.10 Å². The van der Waals surface area contributed by atoms with E-state index in [-0.39, 0.29) is 23.9 Å². The van der Waals surface area contributed by atoms with Gasteiger partial charge in [-0.05, 0) is 18.9 Å². The van der Waals surface area contributed by atoms with E-state index >= 15 is 0 Å². The Bertz CT molecular complexity index is 343. The molecule has 1 aromatic rings. The molecule has 0 aliphatic heterocycles. The van der Waals surface area contributed by atoms with E-state index in [1.807, 2.05) is 26.8 Å². The van der Waals surface area contributed by atoms with Crippen LogP contribution in [0.25, 0.3) is 0 Å². The molecule has 0 aromatic heterocycles. The molecule has 3 atom stereocenters. The van der Waals surface area contributed by atoms with Gasteiger partial charge in [-0.1, -0.05) is 38.5 Å². The highest BCUT2D eigenvalue weighted by atomic mass is 19.1. The molecule has 0 bridgehead atoms. The zero-order valence-corrected chi connectivity index (χ0v) is 10.8. The maximum atomic E-state index is 13.5. The van der Waals surface area contributed by atoms with Crippen molar-refractivity contribution >= 4 is 0 Å². The number of rotatable bonds is 6. The molecule has 0 spiro atoms. The molecule has 2 nitrogen and oxygen atoms in total. The Morgan fingerprint density at radius 1 is 1.29 bits per heavy atom. The molecule has 0 saturated carbocycles. The van der Waals surface area contributed by atoms with Gasteiger partial charge in [0.1, 0.15) is 5.82 Å². The van der Waals surface area contributed by atoms with E-state index in [2.05, 4.69) is 5.32 Å². The Morgan fingerprint density at radius 2 is 1.94 bits per heavy atom. The normalized spacial score (nSPS) is 16.5. The van der Waals surface area contributed by atoms with Crippen LogP contribution in [0.4, 0.5) is 4.39 Å². The molecule has 17 heavy (non-hydrogen) atoms. The highest BCUT2D eigenvalue weighted by Gasteiger charge is 2.15. The Kier molecular flexibility index (Phi) is 5.59. The van der Waals surface area contributed by atoms with Crippen molar-refractivity contribution in [3.8, 4) is 0 Å². The highest BCUT2D eigenvalue weighted by Crippen LogP contribution is 2.16. The third kappa shape index (κ3) is 4.10. The SMILES string of the molecule is CCC(C)C(O)CNC(C)c1ccccc1F. The van der Waals surface area contributed by atoms with Crippen molar-refractivity contribution in [3.63, 3.8) is 0 Å². The number of hydrogen-bond acceptors (Lipinski definition) is 2. The number of benzene rings is 1. The number of halogens is 1. The number of aliphatic hydroxyl groups excluding tert-OH is 1. The van der Waals surface area contributed by atoms with Crippen molar-refractivity contribution in [2.45, 2.75) is 39.3 Å². The predicted molar refractivity (Wildman–Crippen MR) is 68.3 cm³/mol. The molecular weight excluding hydrogens is 217 g/mol.